The van der Waals surface area contributed by atoms with E-state index in [1.165, 1.54) is 0 Å². The van der Waals surface area contributed by atoms with Crippen LogP contribution in [0.2, 0.25) is 0 Å². The molecule has 0 radical (unpaired) electrons. The zero-order valence-corrected chi connectivity index (χ0v) is 7.39. The molecule has 0 aromatic carbocycles. The van der Waals surface area contributed by atoms with E-state index in [2.05, 4.69) is 9.47 Å². The highest BCUT2D eigenvalue weighted by Gasteiger charge is 2.42. The van der Waals surface area contributed by atoms with Crippen LogP contribution in [0.15, 0.2) is 0 Å². The van der Waals surface area contributed by atoms with Crippen molar-refractivity contribution in [3.05, 3.63) is 0 Å². The van der Waals surface area contributed by atoms with E-state index in [0.717, 1.165) is 0 Å². The molecule has 0 N–H and O–H groups in total. The fourth-order valence-electron chi connectivity index (χ4n) is 0.463. The molecule has 14 heavy (non-hydrogen) atoms. The van der Waals surface area contributed by atoms with Crippen molar-refractivity contribution >= 4 is 12.1 Å². The number of hydrogen-bond donors (Lipinski definition) is 0. The smallest absolute Gasteiger partial charge is 0.434 e. The first-order valence-corrected chi connectivity index (χ1v) is 3.83. The first-order chi connectivity index (χ1) is 6.38. The van der Waals surface area contributed by atoms with Crippen molar-refractivity contribution in [2.45, 2.75) is 25.9 Å². The molecular weight excluding hydrogens is 205 g/mol. The van der Waals surface area contributed by atoms with Gasteiger partial charge in [-0.1, -0.05) is 13.3 Å². The molecule has 0 aromatic heterocycles. The highest BCUT2D eigenvalue weighted by molar-refractivity contribution is 5.85. The number of alkyl halides is 3. The molecule has 7 heteroatoms. The number of ether oxygens (including phenoxy) is 2. The standard InChI is InChI=1S/C7H9F3O4/c1-2-3-4-13-6(12)14-5(11)7(8,9)10/h2-4H2,1H3. The molecule has 0 atom stereocenters. The van der Waals surface area contributed by atoms with Crippen molar-refractivity contribution < 1.29 is 32.2 Å². The molecule has 0 aliphatic carbocycles. The van der Waals surface area contributed by atoms with Gasteiger partial charge in [0.05, 0.1) is 6.61 Å². The van der Waals surface area contributed by atoms with Crippen molar-refractivity contribution in [2.75, 3.05) is 6.61 Å². The maximum atomic E-state index is 11.5. The van der Waals surface area contributed by atoms with Gasteiger partial charge < -0.3 is 9.47 Å². The minimum Gasteiger partial charge on any atom is -0.434 e. The molecule has 0 saturated carbocycles. The Bertz CT molecular complexity index is 211. The van der Waals surface area contributed by atoms with Crippen LogP contribution in [-0.2, 0) is 14.3 Å². The quantitative estimate of drug-likeness (QED) is 0.409. The van der Waals surface area contributed by atoms with Gasteiger partial charge in [-0.3, -0.25) is 0 Å². The van der Waals surface area contributed by atoms with Crippen LogP contribution in [-0.4, -0.2) is 24.9 Å². The Kier molecular flexibility index (Phi) is 4.96. The Morgan fingerprint density at radius 1 is 1.29 bits per heavy atom. The van der Waals surface area contributed by atoms with Crippen LogP contribution >= 0.6 is 0 Å². The van der Waals surface area contributed by atoms with E-state index in [9.17, 15) is 22.8 Å². The van der Waals surface area contributed by atoms with E-state index in [4.69, 9.17) is 0 Å². The number of esters is 1. The van der Waals surface area contributed by atoms with Gasteiger partial charge in [-0.2, -0.15) is 13.2 Å². The molecule has 0 rings (SSSR count). The van der Waals surface area contributed by atoms with Crippen LogP contribution in [0.1, 0.15) is 19.8 Å². The number of carbonyl (C=O) groups is 2. The Morgan fingerprint density at radius 2 is 1.86 bits per heavy atom. The van der Waals surface area contributed by atoms with Crippen molar-refractivity contribution in [2.24, 2.45) is 0 Å². The van der Waals surface area contributed by atoms with Gasteiger partial charge >= 0.3 is 18.3 Å². The second-order valence-electron chi connectivity index (χ2n) is 2.34. The van der Waals surface area contributed by atoms with E-state index in [1.807, 2.05) is 0 Å². The second-order valence-corrected chi connectivity index (χ2v) is 2.34. The Labute approximate surface area is 78.0 Å². The van der Waals surface area contributed by atoms with Crippen LogP contribution in [0.3, 0.4) is 0 Å². The SMILES string of the molecule is CCCCOC(=O)OC(=O)C(F)(F)F. The summed E-state index contributed by atoms with van der Waals surface area (Å²) in [6.45, 7) is 1.73. The fourth-order valence-corrected chi connectivity index (χ4v) is 0.463. The molecule has 0 aliphatic rings. The third kappa shape index (κ3) is 5.39. The summed E-state index contributed by atoms with van der Waals surface area (Å²) in [7, 11) is 0. The van der Waals surface area contributed by atoms with Gasteiger partial charge in [0, 0.05) is 0 Å². The fraction of sp³-hybridized carbons (Fsp3) is 0.714. The highest BCUT2D eigenvalue weighted by atomic mass is 19.4. The van der Waals surface area contributed by atoms with E-state index in [-0.39, 0.29) is 6.61 Å². The van der Waals surface area contributed by atoms with Crippen molar-refractivity contribution in [1.29, 1.82) is 0 Å². The molecule has 82 valence electrons. The third-order valence-corrected chi connectivity index (χ3v) is 1.13. The Morgan fingerprint density at radius 3 is 2.29 bits per heavy atom. The predicted octanol–water partition coefficient (Wildman–Crippen LogP) is 2.03. The zero-order valence-electron chi connectivity index (χ0n) is 7.39. The average Bonchev–Trinajstić information content (AvgIpc) is 2.03. The van der Waals surface area contributed by atoms with Crippen LogP contribution < -0.4 is 0 Å². The van der Waals surface area contributed by atoms with E-state index >= 15 is 0 Å². The summed E-state index contributed by atoms with van der Waals surface area (Å²) in [6.07, 6.45) is -5.60. The van der Waals surface area contributed by atoms with Crippen LogP contribution in [0.4, 0.5) is 18.0 Å². The van der Waals surface area contributed by atoms with E-state index in [1.54, 1.807) is 6.92 Å². The minimum atomic E-state index is -5.18. The monoisotopic (exact) mass is 214 g/mol. The summed E-state index contributed by atoms with van der Waals surface area (Å²) in [5, 5.41) is 0. The lowest BCUT2D eigenvalue weighted by Crippen LogP contribution is -2.28. The van der Waals surface area contributed by atoms with E-state index in [0.29, 0.717) is 12.8 Å². The highest BCUT2D eigenvalue weighted by Crippen LogP contribution is 2.16. The Balaban J connectivity index is 3.78. The molecule has 0 aliphatic heterocycles. The minimum absolute atomic E-state index is 0.0690. The predicted molar refractivity (Wildman–Crippen MR) is 38.4 cm³/mol. The molecule has 0 spiro atoms. The second kappa shape index (κ2) is 5.46. The van der Waals surface area contributed by atoms with Gasteiger partial charge in [-0.05, 0) is 6.42 Å². The van der Waals surface area contributed by atoms with Crippen molar-refractivity contribution in [3.63, 3.8) is 0 Å². The van der Waals surface area contributed by atoms with Crippen LogP contribution in [0.5, 0.6) is 0 Å². The molecule has 0 fully saturated rings. The van der Waals surface area contributed by atoms with E-state index < -0.39 is 18.3 Å². The molecule has 0 amide bonds. The molecule has 0 bridgehead atoms. The molecule has 0 unspecified atom stereocenters. The number of carbonyl (C=O) groups excluding carboxylic acids is 2. The molecule has 0 aromatic rings. The number of hydrogen-bond acceptors (Lipinski definition) is 4. The van der Waals surface area contributed by atoms with Gasteiger partial charge in [-0.25, -0.2) is 9.59 Å². The molecular formula is C7H9F3O4. The maximum Gasteiger partial charge on any atom is 0.516 e. The average molecular weight is 214 g/mol. The van der Waals surface area contributed by atoms with Gasteiger partial charge in [-0.15, -0.1) is 0 Å². The summed E-state index contributed by atoms with van der Waals surface area (Å²) in [4.78, 5) is 20.5. The third-order valence-electron chi connectivity index (χ3n) is 1.13. The van der Waals surface area contributed by atoms with Gasteiger partial charge in [0.15, 0.2) is 0 Å². The van der Waals surface area contributed by atoms with Crippen LogP contribution in [0, 0.1) is 0 Å². The first kappa shape index (κ1) is 12.7. The lowest BCUT2D eigenvalue weighted by Gasteiger charge is -2.05. The summed E-state index contributed by atoms with van der Waals surface area (Å²) < 4.78 is 42.0. The van der Waals surface area contributed by atoms with Gasteiger partial charge in [0.2, 0.25) is 0 Å². The molecule has 4 nitrogen and oxygen atoms in total. The van der Waals surface area contributed by atoms with Crippen LogP contribution in [0.25, 0.3) is 0 Å². The van der Waals surface area contributed by atoms with Crippen molar-refractivity contribution in [1.82, 2.24) is 0 Å². The maximum absolute atomic E-state index is 11.5. The summed E-state index contributed by atoms with van der Waals surface area (Å²) in [6, 6.07) is 0. The lowest BCUT2D eigenvalue weighted by molar-refractivity contribution is -0.195. The molecule has 0 saturated heterocycles. The number of rotatable bonds is 3. The molecule has 0 heterocycles. The summed E-state index contributed by atoms with van der Waals surface area (Å²) in [5.41, 5.74) is 0. The number of unbranched alkanes of at least 4 members (excludes halogenated alkanes) is 1. The Hall–Kier alpha value is -1.27. The topological polar surface area (TPSA) is 52.6 Å². The lowest BCUT2D eigenvalue weighted by atomic mass is 10.4. The zero-order chi connectivity index (χ0) is 11.2. The van der Waals surface area contributed by atoms with Crippen molar-refractivity contribution in [3.8, 4) is 0 Å². The van der Waals surface area contributed by atoms with Gasteiger partial charge in [0.25, 0.3) is 0 Å². The largest absolute Gasteiger partial charge is 0.516 e. The number of halogens is 3. The summed E-state index contributed by atoms with van der Waals surface area (Å²) >= 11 is 0. The normalized spacial score (nSPS) is 10.9. The first-order valence-electron chi connectivity index (χ1n) is 3.83. The van der Waals surface area contributed by atoms with Gasteiger partial charge in [0.1, 0.15) is 0 Å². The summed E-state index contributed by atoms with van der Waals surface area (Å²) in [5.74, 6) is -2.57.